The van der Waals surface area contributed by atoms with Crippen molar-refractivity contribution in [1.82, 2.24) is 10.6 Å². The lowest BCUT2D eigenvalue weighted by molar-refractivity contribution is -0.126. The molecule has 0 aliphatic heterocycles. The maximum Gasteiger partial charge on any atom is 0.257 e. The number of nitrogens with one attached hydrogen (secondary N) is 2. The average Bonchev–Trinajstić information content (AvgIpc) is 2.58. The highest BCUT2D eigenvalue weighted by molar-refractivity contribution is 5.85. The highest BCUT2D eigenvalue weighted by Crippen LogP contribution is 2.23. The number of ether oxygens (including phenoxy) is 1. The van der Waals surface area contributed by atoms with E-state index in [1.165, 1.54) is 0 Å². The third-order valence-corrected chi connectivity index (χ3v) is 4.19. The van der Waals surface area contributed by atoms with E-state index in [9.17, 15) is 9.59 Å². The molecule has 2 unspecified atom stereocenters. The molecule has 1 aromatic rings. The lowest BCUT2D eigenvalue weighted by atomic mass is 9.85. The molecule has 0 spiro atoms. The van der Waals surface area contributed by atoms with Crippen molar-refractivity contribution in [2.24, 2.45) is 11.7 Å². The molecule has 2 atom stereocenters. The van der Waals surface area contributed by atoms with E-state index in [-0.39, 0.29) is 42.8 Å². The summed E-state index contributed by atoms with van der Waals surface area (Å²) < 4.78 is 5.46. The molecular formula is C18H28ClN3O3. The van der Waals surface area contributed by atoms with Crippen LogP contribution in [0.1, 0.15) is 38.2 Å². The van der Waals surface area contributed by atoms with Crippen LogP contribution in [0.15, 0.2) is 24.3 Å². The predicted octanol–water partition coefficient (Wildman–Crippen LogP) is 1.76. The van der Waals surface area contributed by atoms with Gasteiger partial charge in [-0.15, -0.1) is 12.4 Å². The number of hydrogen-bond donors (Lipinski definition) is 3. The van der Waals surface area contributed by atoms with Gasteiger partial charge in [0.2, 0.25) is 5.91 Å². The topological polar surface area (TPSA) is 93.5 Å². The number of halogens is 1. The number of hydrogen-bond acceptors (Lipinski definition) is 4. The van der Waals surface area contributed by atoms with Crippen LogP contribution in [0.25, 0.3) is 0 Å². The second kappa shape index (κ2) is 10.9. The minimum Gasteiger partial charge on any atom is -0.484 e. The molecule has 7 heteroatoms. The smallest absolute Gasteiger partial charge is 0.257 e. The lowest BCUT2D eigenvalue weighted by Gasteiger charge is -2.25. The number of carbonyl (C=O) groups excluding carboxylic acids is 2. The van der Waals surface area contributed by atoms with Gasteiger partial charge >= 0.3 is 0 Å². The second-order valence-corrected chi connectivity index (χ2v) is 6.23. The third-order valence-electron chi connectivity index (χ3n) is 4.19. The minimum absolute atomic E-state index is 0. The van der Waals surface area contributed by atoms with Gasteiger partial charge in [-0.3, -0.25) is 9.59 Å². The molecule has 1 aliphatic rings. The molecule has 0 heterocycles. The van der Waals surface area contributed by atoms with E-state index in [1.54, 1.807) is 6.07 Å². The SMILES string of the molecule is CCNC(=O)COc1cccc(CNC(=O)C2CCCC(N)C2)c1.Cl. The predicted molar refractivity (Wildman–Crippen MR) is 99.6 cm³/mol. The second-order valence-electron chi connectivity index (χ2n) is 6.23. The van der Waals surface area contributed by atoms with E-state index in [1.807, 2.05) is 25.1 Å². The van der Waals surface area contributed by atoms with Crippen LogP contribution in [0.4, 0.5) is 0 Å². The Morgan fingerprint density at radius 2 is 2.08 bits per heavy atom. The van der Waals surface area contributed by atoms with Crippen molar-refractivity contribution in [3.05, 3.63) is 29.8 Å². The molecule has 2 rings (SSSR count). The Balaban J connectivity index is 0.00000312. The van der Waals surface area contributed by atoms with Crippen molar-refractivity contribution in [3.8, 4) is 5.75 Å². The molecular weight excluding hydrogens is 342 g/mol. The summed E-state index contributed by atoms with van der Waals surface area (Å²) in [5.41, 5.74) is 6.88. The molecule has 25 heavy (non-hydrogen) atoms. The van der Waals surface area contributed by atoms with Crippen LogP contribution in [0.3, 0.4) is 0 Å². The van der Waals surface area contributed by atoms with Crippen molar-refractivity contribution in [2.75, 3.05) is 13.2 Å². The van der Waals surface area contributed by atoms with Gasteiger partial charge in [-0.05, 0) is 43.9 Å². The van der Waals surface area contributed by atoms with Crippen LogP contribution in [0.5, 0.6) is 5.75 Å². The Morgan fingerprint density at radius 3 is 2.80 bits per heavy atom. The quantitative estimate of drug-likeness (QED) is 0.682. The summed E-state index contributed by atoms with van der Waals surface area (Å²) in [7, 11) is 0. The van der Waals surface area contributed by atoms with Gasteiger partial charge in [-0.2, -0.15) is 0 Å². The van der Waals surface area contributed by atoms with Crippen molar-refractivity contribution in [2.45, 2.75) is 45.2 Å². The first-order chi connectivity index (χ1) is 11.6. The summed E-state index contributed by atoms with van der Waals surface area (Å²) in [5.74, 6) is 0.558. The number of carbonyl (C=O) groups is 2. The summed E-state index contributed by atoms with van der Waals surface area (Å²) in [6.07, 6.45) is 3.70. The van der Waals surface area contributed by atoms with Gasteiger partial charge in [0.05, 0.1) is 0 Å². The molecule has 4 N–H and O–H groups in total. The lowest BCUT2D eigenvalue weighted by Crippen LogP contribution is -2.37. The zero-order chi connectivity index (χ0) is 17.4. The summed E-state index contributed by atoms with van der Waals surface area (Å²) in [5, 5.41) is 5.65. The van der Waals surface area contributed by atoms with Gasteiger partial charge < -0.3 is 21.1 Å². The molecule has 6 nitrogen and oxygen atoms in total. The van der Waals surface area contributed by atoms with Gasteiger partial charge in [-0.25, -0.2) is 0 Å². The van der Waals surface area contributed by atoms with E-state index >= 15 is 0 Å². The normalized spacial score (nSPS) is 19.4. The molecule has 1 aliphatic carbocycles. The number of benzene rings is 1. The molecule has 140 valence electrons. The maximum atomic E-state index is 12.2. The van der Waals surface area contributed by atoms with E-state index in [2.05, 4.69) is 10.6 Å². The molecule has 1 aromatic carbocycles. The van der Waals surface area contributed by atoms with Crippen LogP contribution in [-0.2, 0) is 16.1 Å². The van der Waals surface area contributed by atoms with Gasteiger partial charge in [0.25, 0.3) is 5.91 Å². The fraction of sp³-hybridized carbons (Fsp3) is 0.556. The van der Waals surface area contributed by atoms with Gasteiger partial charge in [0, 0.05) is 25.0 Å². The first-order valence-corrected chi connectivity index (χ1v) is 8.60. The maximum absolute atomic E-state index is 12.2. The van der Waals surface area contributed by atoms with Crippen molar-refractivity contribution >= 4 is 24.2 Å². The highest BCUT2D eigenvalue weighted by Gasteiger charge is 2.24. The fourth-order valence-electron chi connectivity index (χ4n) is 2.94. The number of nitrogens with two attached hydrogens (primary N) is 1. The molecule has 1 saturated carbocycles. The first-order valence-electron chi connectivity index (χ1n) is 8.60. The van der Waals surface area contributed by atoms with Crippen molar-refractivity contribution in [1.29, 1.82) is 0 Å². The van der Waals surface area contributed by atoms with E-state index < -0.39 is 0 Å². The Labute approximate surface area is 155 Å². The van der Waals surface area contributed by atoms with Crippen LogP contribution < -0.4 is 21.1 Å². The highest BCUT2D eigenvalue weighted by atomic mass is 35.5. The molecule has 0 aromatic heterocycles. The fourth-order valence-corrected chi connectivity index (χ4v) is 2.94. The standard InChI is InChI=1S/C18H27N3O3.ClH/c1-2-20-17(22)12-24-16-8-3-5-13(9-16)11-21-18(23)14-6-4-7-15(19)10-14;/h3,5,8-9,14-15H,2,4,6-7,10-12,19H2,1H3,(H,20,22)(H,21,23);1H. The van der Waals surface area contributed by atoms with Gasteiger partial charge in [0.15, 0.2) is 6.61 Å². The number of amides is 2. The summed E-state index contributed by atoms with van der Waals surface area (Å²) in [4.78, 5) is 23.7. The van der Waals surface area contributed by atoms with Gasteiger partial charge in [-0.1, -0.05) is 18.6 Å². The Bertz CT molecular complexity index is 568. The Morgan fingerprint density at radius 1 is 1.28 bits per heavy atom. The van der Waals surface area contributed by atoms with E-state index in [0.29, 0.717) is 18.8 Å². The summed E-state index contributed by atoms with van der Waals surface area (Å²) in [6.45, 7) is 2.88. The Hall–Kier alpha value is -1.79. The molecule has 0 bridgehead atoms. The summed E-state index contributed by atoms with van der Waals surface area (Å²) in [6, 6.07) is 7.55. The molecule has 0 saturated heterocycles. The Kier molecular flexibility index (Phi) is 9.31. The molecule has 0 radical (unpaired) electrons. The average molecular weight is 370 g/mol. The van der Waals surface area contributed by atoms with Crippen LogP contribution in [-0.4, -0.2) is 31.0 Å². The van der Waals surface area contributed by atoms with Gasteiger partial charge in [0.1, 0.15) is 5.75 Å². The monoisotopic (exact) mass is 369 g/mol. The van der Waals surface area contributed by atoms with Crippen molar-refractivity contribution < 1.29 is 14.3 Å². The summed E-state index contributed by atoms with van der Waals surface area (Å²) >= 11 is 0. The number of likely N-dealkylation sites (N-methyl/N-ethyl adjacent to an activating group) is 1. The van der Waals surface area contributed by atoms with Crippen LogP contribution >= 0.6 is 12.4 Å². The minimum atomic E-state index is -0.148. The number of rotatable bonds is 7. The first kappa shape index (κ1) is 21.3. The van der Waals surface area contributed by atoms with Crippen LogP contribution in [0.2, 0.25) is 0 Å². The van der Waals surface area contributed by atoms with Crippen molar-refractivity contribution in [3.63, 3.8) is 0 Å². The molecule has 1 fully saturated rings. The zero-order valence-corrected chi connectivity index (χ0v) is 15.4. The molecule has 2 amide bonds. The zero-order valence-electron chi connectivity index (χ0n) is 14.6. The van der Waals surface area contributed by atoms with E-state index in [0.717, 1.165) is 31.2 Å². The van der Waals surface area contributed by atoms with E-state index in [4.69, 9.17) is 10.5 Å². The largest absolute Gasteiger partial charge is 0.484 e. The third kappa shape index (κ3) is 7.32. The van der Waals surface area contributed by atoms with Crippen LogP contribution in [0, 0.1) is 5.92 Å².